The molecular weight excluding hydrogens is 256 g/mol. The largest absolute Gasteiger partial charge is 0.294 e. The van der Waals surface area contributed by atoms with Gasteiger partial charge in [0.25, 0.3) is 0 Å². The van der Waals surface area contributed by atoms with E-state index in [9.17, 15) is 4.79 Å². The molecule has 0 saturated heterocycles. The molecule has 0 aromatic heterocycles. The summed E-state index contributed by atoms with van der Waals surface area (Å²) in [6.45, 7) is 9.07. The fourth-order valence-electron chi connectivity index (χ4n) is 4.52. The fraction of sp³-hybridized carbons (Fsp3) is 0.850. The molecule has 2 fully saturated rings. The summed E-state index contributed by atoms with van der Waals surface area (Å²) in [6.07, 6.45) is 15.2. The van der Waals surface area contributed by atoms with Gasteiger partial charge in [-0.25, -0.2) is 0 Å². The van der Waals surface area contributed by atoms with Crippen molar-refractivity contribution in [1.82, 2.24) is 0 Å². The standard InChI is InChI=1S/C20H34O/c1-5-6-7-8-9-10-11-12-13-16-17-14-15-20(4,18(16)21)19(17,2)3/h13,17H,5-12,14-15H2,1-4H3. The summed E-state index contributed by atoms with van der Waals surface area (Å²) >= 11 is 0. The van der Waals surface area contributed by atoms with Crippen LogP contribution in [0.2, 0.25) is 0 Å². The van der Waals surface area contributed by atoms with Gasteiger partial charge in [-0.3, -0.25) is 4.79 Å². The first kappa shape index (κ1) is 16.8. The molecular formula is C20H34O. The maximum atomic E-state index is 12.7. The third kappa shape index (κ3) is 2.98. The van der Waals surface area contributed by atoms with Gasteiger partial charge in [0.15, 0.2) is 5.78 Å². The average molecular weight is 290 g/mol. The molecule has 1 heteroatoms. The number of carbonyl (C=O) groups excluding carboxylic acids is 1. The molecule has 2 aliphatic carbocycles. The second-order valence-corrected chi connectivity index (χ2v) is 8.04. The summed E-state index contributed by atoms with van der Waals surface area (Å²) in [4.78, 5) is 12.7. The molecule has 0 heterocycles. The fourth-order valence-corrected chi connectivity index (χ4v) is 4.52. The summed E-state index contributed by atoms with van der Waals surface area (Å²) in [7, 11) is 0. The van der Waals surface area contributed by atoms with Gasteiger partial charge in [0, 0.05) is 5.41 Å². The minimum absolute atomic E-state index is 0.0797. The summed E-state index contributed by atoms with van der Waals surface area (Å²) in [5.41, 5.74) is 1.28. The van der Waals surface area contributed by atoms with Crippen LogP contribution >= 0.6 is 0 Å². The Balaban J connectivity index is 1.77. The van der Waals surface area contributed by atoms with Gasteiger partial charge in [0.2, 0.25) is 0 Å². The summed E-state index contributed by atoms with van der Waals surface area (Å²) in [5.74, 6) is 0.992. The molecule has 2 aliphatic rings. The Hall–Kier alpha value is -0.590. The van der Waals surface area contributed by atoms with Crippen LogP contribution in [0.5, 0.6) is 0 Å². The van der Waals surface area contributed by atoms with Crippen molar-refractivity contribution in [2.24, 2.45) is 16.7 Å². The monoisotopic (exact) mass is 290 g/mol. The number of hydrogen-bond donors (Lipinski definition) is 0. The van der Waals surface area contributed by atoms with Gasteiger partial charge in [-0.2, -0.15) is 0 Å². The van der Waals surface area contributed by atoms with Crippen LogP contribution < -0.4 is 0 Å². The molecule has 0 aromatic carbocycles. The number of allylic oxidation sites excluding steroid dienone is 2. The maximum absolute atomic E-state index is 12.7. The highest BCUT2D eigenvalue weighted by molar-refractivity contribution is 6.04. The van der Waals surface area contributed by atoms with Gasteiger partial charge in [0.05, 0.1) is 0 Å². The number of fused-ring (bicyclic) bond motifs is 2. The Bertz CT molecular complexity index is 404. The van der Waals surface area contributed by atoms with E-state index in [4.69, 9.17) is 0 Å². The lowest BCUT2D eigenvalue weighted by molar-refractivity contribution is -0.125. The minimum Gasteiger partial charge on any atom is -0.294 e. The summed E-state index contributed by atoms with van der Waals surface area (Å²) in [6, 6.07) is 0. The normalized spacial score (nSPS) is 32.3. The number of ketones is 1. The van der Waals surface area contributed by atoms with E-state index in [2.05, 4.69) is 33.8 Å². The van der Waals surface area contributed by atoms with E-state index in [-0.39, 0.29) is 10.8 Å². The summed E-state index contributed by atoms with van der Waals surface area (Å²) in [5, 5.41) is 0. The van der Waals surface area contributed by atoms with Crippen molar-refractivity contribution < 1.29 is 4.79 Å². The van der Waals surface area contributed by atoms with Crippen molar-refractivity contribution in [1.29, 1.82) is 0 Å². The van der Waals surface area contributed by atoms with E-state index in [0.29, 0.717) is 11.7 Å². The van der Waals surface area contributed by atoms with Gasteiger partial charge in [-0.05, 0) is 42.6 Å². The zero-order valence-electron chi connectivity index (χ0n) is 14.6. The molecule has 2 unspecified atom stereocenters. The third-order valence-electron chi connectivity index (χ3n) is 6.54. The minimum atomic E-state index is -0.0797. The van der Waals surface area contributed by atoms with Crippen LogP contribution in [0.3, 0.4) is 0 Å². The molecule has 0 aliphatic heterocycles. The van der Waals surface area contributed by atoms with E-state index in [1.54, 1.807) is 0 Å². The van der Waals surface area contributed by atoms with Crippen molar-refractivity contribution in [3.8, 4) is 0 Å². The predicted molar refractivity (Wildman–Crippen MR) is 90.3 cm³/mol. The lowest BCUT2D eigenvalue weighted by atomic mass is 9.70. The molecule has 1 nitrogen and oxygen atoms in total. The molecule has 2 rings (SSSR count). The van der Waals surface area contributed by atoms with Crippen molar-refractivity contribution in [2.45, 2.75) is 91.9 Å². The topological polar surface area (TPSA) is 17.1 Å². The van der Waals surface area contributed by atoms with Crippen LogP contribution in [-0.4, -0.2) is 5.78 Å². The molecule has 0 N–H and O–H groups in total. The number of unbranched alkanes of at least 4 members (excludes halogenated alkanes) is 7. The molecule has 2 atom stereocenters. The Morgan fingerprint density at radius 2 is 1.67 bits per heavy atom. The van der Waals surface area contributed by atoms with Gasteiger partial charge >= 0.3 is 0 Å². The zero-order chi connectivity index (χ0) is 15.5. The quantitative estimate of drug-likeness (QED) is 0.391. The Kier molecular flexibility index (Phi) is 5.33. The van der Waals surface area contributed by atoms with Crippen molar-refractivity contribution in [2.75, 3.05) is 0 Å². The molecule has 21 heavy (non-hydrogen) atoms. The van der Waals surface area contributed by atoms with Gasteiger partial charge < -0.3 is 0 Å². The second kappa shape index (κ2) is 6.67. The van der Waals surface area contributed by atoms with E-state index >= 15 is 0 Å². The molecule has 0 spiro atoms. The van der Waals surface area contributed by atoms with Crippen LogP contribution in [0.25, 0.3) is 0 Å². The zero-order valence-corrected chi connectivity index (χ0v) is 14.6. The second-order valence-electron chi connectivity index (χ2n) is 8.04. The smallest absolute Gasteiger partial charge is 0.165 e. The van der Waals surface area contributed by atoms with Crippen molar-refractivity contribution >= 4 is 5.78 Å². The Labute approximate surface area is 131 Å². The van der Waals surface area contributed by atoms with Crippen LogP contribution in [0.4, 0.5) is 0 Å². The number of Topliss-reactive ketones (excluding diaryl/α,β-unsaturated/α-hetero) is 1. The van der Waals surface area contributed by atoms with Crippen LogP contribution in [0.15, 0.2) is 11.6 Å². The lowest BCUT2D eigenvalue weighted by Gasteiger charge is -2.31. The van der Waals surface area contributed by atoms with Crippen molar-refractivity contribution in [3.63, 3.8) is 0 Å². The summed E-state index contributed by atoms with van der Waals surface area (Å²) < 4.78 is 0. The van der Waals surface area contributed by atoms with E-state index in [1.807, 2.05) is 0 Å². The SMILES string of the molecule is CCCCCCCCCC=C1C(=O)C2(C)CCC1C2(C)C. The number of carbonyl (C=O) groups is 1. The molecule has 0 radical (unpaired) electrons. The molecule has 0 aromatic rings. The number of hydrogen-bond acceptors (Lipinski definition) is 1. The molecule has 0 amide bonds. The van der Waals surface area contributed by atoms with E-state index in [1.165, 1.54) is 56.9 Å². The Morgan fingerprint density at radius 1 is 1.05 bits per heavy atom. The van der Waals surface area contributed by atoms with Gasteiger partial charge in [0.1, 0.15) is 0 Å². The highest BCUT2D eigenvalue weighted by Gasteiger charge is 2.63. The first-order valence-corrected chi connectivity index (χ1v) is 9.20. The number of rotatable bonds is 8. The molecule has 2 bridgehead atoms. The molecule has 2 saturated carbocycles. The average Bonchev–Trinajstić information content (AvgIpc) is 2.75. The van der Waals surface area contributed by atoms with E-state index in [0.717, 1.165) is 12.8 Å². The van der Waals surface area contributed by atoms with Gasteiger partial charge in [-0.1, -0.05) is 72.3 Å². The predicted octanol–water partition coefficient (Wildman–Crippen LogP) is 6.08. The van der Waals surface area contributed by atoms with Crippen LogP contribution in [0.1, 0.15) is 91.9 Å². The van der Waals surface area contributed by atoms with Crippen LogP contribution in [-0.2, 0) is 4.79 Å². The highest BCUT2D eigenvalue weighted by Crippen LogP contribution is 2.65. The van der Waals surface area contributed by atoms with Gasteiger partial charge in [-0.15, -0.1) is 0 Å². The highest BCUT2D eigenvalue weighted by atomic mass is 16.1. The maximum Gasteiger partial charge on any atom is 0.165 e. The first-order valence-electron chi connectivity index (χ1n) is 9.20. The Morgan fingerprint density at radius 3 is 2.24 bits per heavy atom. The first-order chi connectivity index (χ1) is 9.95. The van der Waals surface area contributed by atoms with Crippen molar-refractivity contribution in [3.05, 3.63) is 11.6 Å². The molecule has 120 valence electrons. The lowest BCUT2D eigenvalue weighted by Crippen LogP contribution is -2.32. The van der Waals surface area contributed by atoms with E-state index < -0.39 is 0 Å². The third-order valence-corrected chi connectivity index (χ3v) is 6.54. The van der Waals surface area contributed by atoms with Crippen LogP contribution in [0, 0.1) is 16.7 Å².